The maximum atomic E-state index is 16.0. The van der Waals surface area contributed by atoms with Crippen LogP contribution in [0, 0.1) is 0 Å². The predicted molar refractivity (Wildman–Crippen MR) is 199 cm³/mol. The van der Waals surface area contributed by atoms with Gasteiger partial charge in [0.25, 0.3) is 11.5 Å². The molecular weight excluding hydrogens is 741 g/mol. The molecule has 3 fully saturated rings. The van der Waals surface area contributed by atoms with Gasteiger partial charge in [-0.3, -0.25) is 34.5 Å². The summed E-state index contributed by atoms with van der Waals surface area (Å²) in [6.45, 7) is 0.439. The second-order valence-electron chi connectivity index (χ2n) is 14.4. The number of piperazine rings is 1. The third kappa shape index (κ3) is 7.74. The highest BCUT2D eigenvalue weighted by Crippen LogP contribution is 2.42. The number of halogens is 5. The van der Waals surface area contributed by atoms with E-state index in [1.807, 2.05) is 0 Å². The number of imide groups is 1. The highest BCUT2D eigenvalue weighted by atomic mass is 19.4. The first-order valence-electron chi connectivity index (χ1n) is 18.3. The molecule has 3 saturated heterocycles. The number of nitrogens with one attached hydrogen (secondary N) is 2. The van der Waals surface area contributed by atoms with E-state index in [0.717, 1.165) is 11.6 Å². The lowest BCUT2D eigenvalue weighted by molar-refractivity contribution is -0.137. The smallest absolute Gasteiger partial charge is 0.418 e. The number of piperidine rings is 2. The van der Waals surface area contributed by atoms with Gasteiger partial charge in [-0.2, -0.15) is 13.2 Å². The minimum atomic E-state index is -4.71. The highest BCUT2D eigenvalue weighted by molar-refractivity contribution is 6.01. The normalized spacial score (nSPS) is 20.9. The van der Waals surface area contributed by atoms with Gasteiger partial charge in [0.15, 0.2) is 0 Å². The molecule has 3 aliphatic rings. The van der Waals surface area contributed by atoms with Crippen molar-refractivity contribution < 1.29 is 41.0 Å². The first kappa shape index (κ1) is 39.0. The number of benzene rings is 2. The van der Waals surface area contributed by atoms with E-state index in [1.54, 1.807) is 52.3 Å². The molecule has 4 aromatic rings. The lowest BCUT2D eigenvalue weighted by Gasteiger charge is -2.47. The number of likely N-dealkylation sites (tertiary alicyclic amines) is 1. The van der Waals surface area contributed by atoms with Crippen molar-refractivity contribution in [2.75, 3.05) is 63.7 Å². The molecule has 2 aromatic carbocycles. The number of alkyl halides is 5. The van der Waals surface area contributed by atoms with Gasteiger partial charge in [-0.25, -0.2) is 8.78 Å². The molecule has 2 aromatic heterocycles. The van der Waals surface area contributed by atoms with Gasteiger partial charge in [0.1, 0.15) is 17.5 Å². The van der Waals surface area contributed by atoms with Crippen molar-refractivity contribution in [1.82, 2.24) is 24.7 Å². The summed E-state index contributed by atoms with van der Waals surface area (Å²) in [6.07, 6.45) is 0.499. The summed E-state index contributed by atoms with van der Waals surface area (Å²) in [7, 11) is 4.64. The zero-order valence-corrected chi connectivity index (χ0v) is 31.1. The molecule has 2 N–H and O–H groups in total. The van der Waals surface area contributed by atoms with Crippen molar-refractivity contribution in [3.63, 3.8) is 0 Å². The van der Waals surface area contributed by atoms with E-state index in [4.69, 9.17) is 9.47 Å². The molecule has 0 radical (unpaired) electrons. The maximum Gasteiger partial charge on any atom is 0.418 e. The van der Waals surface area contributed by atoms with Crippen molar-refractivity contribution in [1.29, 1.82) is 0 Å². The lowest BCUT2D eigenvalue weighted by atomic mass is 9.96. The Morgan fingerprint density at radius 3 is 2.30 bits per heavy atom. The Bertz CT molecular complexity index is 2180. The van der Waals surface area contributed by atoms with Crippen molar-refractivity contribution in [2.45, 2.75) is 50.0 Å². The molecule has 0 spiro atoms. The molecule has 5 heterocycles. The SMILES string of the molecule is COc1cc(-c2cn(C)c(=O)c3cnccc23)cc(OC)c1CN1CCC(N2CCN(c3ccc(NC4CCC(=O)NC4=O)cc3C(F)(F)F)CC2)C(F)(F)C1. The number of aryl methyl sites for hydroxylation is 1. The highest BCUT2D eigenvalue weighted by Gasteiger charge is 2.48. The van der Waals surface area contributed by atoms with Gasteiger partial charge < -0.3 is 24.3 Å². The minimum absolute atomic E-state index is 0.0667. The molecule has 2 amide bonds. The number of amides is 2. The molecule has 0 bridgehead atoms. The molecule has 298 valence electrons. The fourth-order valence-corrected chi connectivity index (χ4v) is 8.08. The quantitative estimate of drug-likeness (QED) is 0.180. The first-order valence-corrected chi connectivity index (χ1v) is 18.3. The number of hydrogen-bond acceptors (Lipinski definition) is 10. The zero-order chi connectivity index (χ0) is 39.9. The number of hydrogen-bond donors (Lipinski definition) is 2. The summed E-state index contributed by atoms with van der Waals surface area (Å²) in [4.78, 5) is 45.4. The van der Waals surface area contributed by atoms with E-state index in [-0.39, 0.29) is 68.9 Å². The Kier molecular flexibility index (Phi) is 10.7. The fraction of sp³-hybridized carbons (Fsp3) is 0.436. The maximum absolute atomic E-state index is 16.0. The van der Waals surface area contributed by atoms with Gasteiger partial charge in [0, 0.05) is 88.3 Å². The zero-order valence-electron chi connectivity index (χ0n) is 31.1. The van der Waals surface area contributed by atoms with Crippen LogP contribution in [0.25, 0.3) is 21.9 Å². The van der Waals surface area contributed by atoms with Crippen LogP contribution in [0.3, 0.4) is 0 Å². The molecule has 17 heteroatoms. The standard InChI is InChI=1S/C39H42F5N7O5/c1-48-20-27(25-8-10-45-19-26(25)37(48)54)23-16-32(55-2)28(33(17-23)56-3)21-49-11-9-34(38(40,41)22-49)51-14-12-50(13-15-51)31-6-4-24(18-29(31)39(42,43)44)46-30-5-7-35(52)47-36(30)53/h4,6,8,10,16-20,30,34,46H,5,7,9,11-15,21-22H2,1-3H3,(H,47,52,53). The summed E-state index contributed by atoms with van der Waals surface area (Å²) >= 11 is 0. The van der Waals surface area contributed by atoms with Crippen molar-refractivity contribution in [2.24, 2.45) is 7.05 Å². The van der Waals surface area contributed by atoms with Crippen LogP contribution in [0.4, 0.5) is 33.3 Å². The number of fused-ring (bicyclic) bond motifs is 1. The predicted octanol–water partition coefficient (Wildman–Crippen LogP) is 4.89. The van der Waals surface area contributed by atoms with E-state index in [9.17, 15) is 27.6 Å². The molecular formula is C39H42F5N7O5. The number of pyridine rings is 2. The van der Waals surface area contributed by atoms with E-state index < -0.39 is 48.1 Å². The van der Waals surface area contributed by atoms with Crippen LogP contribution in [0.5, 0.6) is 11.5 Å². The number of carbonyl (C=O) groups is 2. The van der Waals surface area contributed by atoms with Crippen LogP contribution in [-0.4, -0.2) is 103 Å². The summed E-state index contributed by atoms with van der Waals surface area (Å²) in [5.41, 5.74) is 0.970. The Balaban J connectivity index is 1.03. The molecule has 2 atom stereocenters. The Hall–Kier alpha value is -5.29. The van der Waals surface area contributed by atoms with Crippen LogP contribution in [0.2, 0.25) is 0 Å². The molecule has 3 aliphatic heterocycles. The topological polar surface area (TPSA) is 121 Å². The van der Waals surface area contributed by atoms with Crippen LogP contribution in [-0.2, 0) is 29.4 Å². The second-order valence-corrected chi connectivity index (χ2v) is 14.4. The summed E-state index contributed by atoms with van der Waals surface area (Å²) in [6, 6.07) is 7.14. The number of anilines is 2. The summed E-state index contributed by atoms with van der Waals surface area (Å²) in [5.74, 6) is -3.27. The van der Waals surface area contributed by atoms with Crippen molar-refractivity contribution in [3.8, 4) is 22.6 Å². The van der Waals surface area contributed by atoms with E-state index >= 15 is 8.78 Å². The third-order valence-corrected chi connectivity index (χ3v) is 10.9. The number of carbonyl (C=O) groups excluding carboxylic acids is 2. The fourth-order valence-electron chi connectivity index (χ4n) is 8.08. The molecule has 12 nitrogen and oxygen atoms in total. The van der Waals surface area contributed by atoms with Gasteiger partial charge in [-0.1, -0.05) is 0 Å². The van der Waals surface area contributed by atoms with Crippen LogP contribution >= 0.6 is 0 Å². The van der Waals surface area contributed by atoms with E-state index in [0.29, 0.717) is 39.9 Å². The average molecular weight is 784 g/mol. The van der Waals surface area contributed by atoms with Crippen LogP contribution < -0.4 is 30.6 Å². The number of ether oxygens (including phenoxy) is 2. The molecule has 0 saturated carbocycles. The Labute approximate surface area is 319 Å². The number of nitrogens with zero attached hydrogens (tertiary/aromatic N) is 5. The Morgan fingerprint density at radius 2 is 1.66 bits per heavy atom. The van der Waals surface area contributed by atoms with E-state index in [2.05, 4.69) is 15.6 Å². The number of rotatable bonds is 9. The Morgan fingerprint density at radius 1 is 0.946 bits per heavy atom. The molecule has 0 aliphatic carbocycles. The van der Waals surface area contributed by atoms with Gasteiger partial charge >= 0.3 is 6.18 Å². The molecule has 56 heavy (non-hydrogen) atoms. The molecule has 2 unspecified atom stereocenters. The third-order valence-electron chi connectivity index (χ3n) is 10.9. The van der Waals surface area contributed by atoms with Gasteiger partial charge in [0.05, 0.1) is 43.3 Å². The van der Waals surface area contributed by atoms with Gasteiger partial charge in [-0.15, -0.1) is 0 Å². The van der Waals surface area contributed by atoms with Crippen molar-refractivity contribution in [3.05, 3.63) is 76.5 Å². The van der Waals surface area contributed by atoms with Gasteiger partial charge in [-0.05, 0) is 60.2 Å². The number of methoxy groups -OCH3 is 2. The first-order chi connectivity index (χ1) is 26.7. The second kappa shape index (κ2) is 15.3. The summed E-state index contributed by atoms with van der Waals surface area (Å²) in [5, 5.41) is 6.12. The molecule has 7 rings (SSSR count). The average Bonchev–Trinajstić information content (AvgIpc) is 3.17. The van der Waals surface area contributed by atoms with Crippen LogP contribution in [0.1, 0.15) is 30.4 Å². The number of aromatic nitrogens is 2. The lowest BCUT2D eigenvalue weighted by Crippen LogP contribution is -2.61. The minimum Gasteiger partial charge on any atom is -0.496 e. The van der Waals surface area contributed by atoms with Gasteiger partial charge in [0.2, 0.25) is 11.8 Å². The largest absolute Gasteiger partial charge is 0.496 e. The monoisotopic (exact) mass is 783 g/mol. The van der Waals surface area contributed by atoms with E-state index in [1.165, 1.54) is 37.1 Å². The van der Waals surface area contributed by atoms with Crippen LogP contribution in [0.15, 0.2) is 59.8 Å². The van der Waals surface area contributed by atoms with Crippen molar-refractivity contribution >= 4 is 34.0 Å². The summed E-state index contributed by atoms with van der Waals surface area (Å²) < 4.78 is 87.9.